The van der Waals surface area contributed by atoms with Gasteiger partial charge >= 0.3 is 0 Å². The largest absolute Gasteiger partial charge is 0.323 e. The maximum absolute atomic E-state index is 11.5. The lowest BCUT2D eigenvalue weighted by molar-refractivity contribution is -0.385. The summed E-state index contributed by atoms with van der Waals surface area (Å²) in [6, 6.07) is 26.6. The molecule has 0 N–H and O–H groups in total. The Bertz CT molecular complexity index is 955. The van der Waals surface area contributed by atoms with Crippen molar-refractivity contribution in [3.05, 3.63) is 106 Å². The highest BCUT2D eigenvalue weighted by Gasteiger charge is 2.31. The van der Waals surface area contributed by atoms with Crippen LogP contribution in [0.15, 0.2) is 89.9 Å². The van der Waals surface area contributed by atoms with Gasteiger partial charge in [0, 0.05) is 11.8 Å². The van der Waals surface area contributed by atoms with Crippen LogP contribution in [-0.4, -0.2) is 17.3 Å². The molecule has 0 aliphatic carbocycles. The molecule has 0 radical (unpaired) electrons. The van der Waals surface area contributed by atoms with Gasteiger partial charge in [-0.3, -0.25) is 15.1 Å². The standard InChI is InChI=1S/C21H17N3O2/c25-24(26)20-14-8-7-13-18(20)21-22-19(16-9-3-1-4-10-16)15-23(21)17-11-5-2-6-12-17/h1-14,19H,15H2/t19-/m1/s1. The molecule has 0 fully saturated rings. The number of para-hydroxylation sites is 2. The van der Waals surface area contributed by atoms with Crippen molar-refractivity contribution in [2.45, 2.75) is 6.04 Å². The average molecular weight is 343 g/mol. The predicted molar refractivity (Wildman–Crippen MR) is 103 cm³/mol. The second-order valence-corrected chi connectivity index (χ2v) is 6.10. The lowest BCUT2D eigenvalue weighted by atomic mass is 10.1. The van der Waals surface area contributed by atoms with Crippen LogP contribution in [0.4, 0.5) is 11.4 Å². The molecule has 0 spiro atoms. The van der Waals surface area contributed by atoms with Gasteiger partial charge in [0.1, 0.15) is 5.84 Å². The topological polar surface area (TPSA) is 58.7 Å². The molecular weight excluding hydrogens is 326 g/mol. The van der Waals surface area contributed by atoms with Crippen LogP contribution in [-0.2, 0) is 0 Å². The van der Waals surface area contributed by atoms with E-state index in [1.54, 1.807) is 12.1 Å². The molecule has 128 valence electrons. The smallest absolute Gasteiger partial charge is 0.280 e. The van der Waals surface area contributed by atoms with Crippen molar-refractivity contribution in [1.82, 2.24) is 0 Å². The van der Waals surface area contributed by atoms with Crippen molar-refractivity contribution in [2.75, 3.05) is 11.4 Å². The third-order valence-electron chi connectivity index (χ3n) is 4.48. The van der Waals surface area contributed by atoms with Gasteiger partial charge in [0.05, 0.1) is 23.1 Å². The fraction of sp³-hybridized carbons (Fsp3) is 0.0952. The fourth-order valence-corrected chi connectivity index (χ4v) is 3.25. The molecule has 5 heteroatoms. The Morgan fingerprint density at radius 2 is 1.50 bits per heavy atom. The fourth-order valence-electron chi connectivity index (χ4n) is 3.25. The van der Waals surface area contributed by atoms with E-state index < -0.39 is 0 Å². The maximum Gasteiger partial charge on any atom is 0.280 e. The molecule has 1 heterocycles. The summed E-state index contributed by atoms with van der Waals surface area (Å²) in [7, 11) is 0. The van der Waals surface area contributed by atoms with E-state index in [9.17, 15) is 10.1 Å². The van der Waals surface area contributed by atoms with Gasteiger partial charge in [-0.15, -0.1) is 0 Å². The van der Waals surface area contributed by atoms with Gasteiger partial charge in [-0.05, 0) is 23.8 Å². The van der Waals surface area contributed by atoms with Crippen LogP contribution in [0.25, 0.3) is 0 Å². The highest BCUT2D eigenvalue weighted by atomic mass is 16.6. The number of nitro benzene ring substituents is 1. The van der Waals surface area contributed by atoms with Gasteiger partial charge in [-0.1, -0.05) is 60.7 Å². The van der Waals surface area contributed by atoms with E-state index in [2.05, 4.69) is 4.90 Å². The average Bonchev–Trinajstić information content (AvgIpc) is 3.14. The summed E-state index contributed by atoms with van der Waals surface area (Å²) in [6.45, 7) is 0.648. The molecule has 0 aromatic heterocycles. The number of aliphatic imine (C=N–C) groups is 1. The molecule has 3 aromatic rings. The minimum atomic E-state index is -0.350. The van der Waals surface area contributed by atoms with E-state index in [0.717, 1.165) is 11.3 Å². The number of rotatable bonds is 4. The van der Waals surface area contributed by atoms with Gasteiger partial charge < -0.3 is 4.90 Å². The van der Waals surface area contributed by atoms with Crippen LogP contribution in [0.1, 0.15) is 17.2 Å². The summed E-state index contributed by atoms with van der Waals surface area (Å²) in [5.74, 6) is 0.636. The highest BCUT2D eigenvalue weighted by molar-refractivity contribution is 6.13. The van der Waals surface area contributed by atoms with Crippen LogP contribution in [0, 0.1) is 10.1 Å². The molecule has 1 aliphatic rings. The van der Waals surface area contributed by atoms with E-state index >= 15 is 0 Å². The molecular formula is C21H17N3O2. The Hall–Kier alpha value is -3.47. The minimum Gasteiger partial charge on any atom is -0.323 e. The summed E-state index contributed by atoms with van der Waals surface area (Å²) in [5, 5.41) is 11.5. The second-order valence-electron chi connectivity index (χ2n) is 6.10. The SMILES string of the molecule is O=[N+]([O-])c1ccccc1C1=N[C@@H](c2ccccc2)CN1c1ccccc1. The molecule has 5 nitrogen and oxygen atoms in total. The molecule has 0 amide bonds. The number of nitrogens with zero attached hydrogens (tertiary/aromatic N) is 3. The number of anilines is 1. The normalized spacial score (nSPS) is 16.4. The molecule has 0 saturated heterocycles. The van der Waals surface area contributed by atoms with Crippen molar-refractivity contribution < 1.29 is 4.92 Å². The summed E-state index contributed by atoms with van der Waals surface area (Å²) in [4.78, 5) is 18.1. The van der Waals surface area contributed by atoms with E-state index in [4.69, 9.17) is 4.99 Å². The van der Waals surface area contributed by atoms with Crippen molar-refractivity contribution in [3.8, 4) is 0 Å². The molecule has 3 aromatic carbocycles. The third-order valence-corrected chi connectivity index (χ3v) is 4.48. The first kappa shape index (κ1) is 16.0. The summed E-state index contributed by atoms with van der Waals surface area (Å²) in [6.07, 6.45) is 0. The van der Waals surface area contributed by atoms with Crippen LogP contribution < -0.4 is 4.90 Å². The number of benzene rings is 3. The van der Waals surface area contributed by atoms with Gasteiger partial charge in [0.25, 0.3) is 5.69 Å². The monoisotopic (exact) mass is 343 g/mol. The zero-order chi connectivity index (χ0) is 17.9. The number of hydrogen-bond acceptors (Lipinski definition) is 4. The van der Waals surface area contributed by atoms with E-state index in [1.165, 1.54) is 6.07 Å². The second kappa shape index (κ2) is 6.80. The minimum absolute atomic E-state index is 0.0637. The Kier molecular flexibility index (Phi) is 4.19. The maximum atomic E-state index is 11.5. The van der Waals surface area contributed by atoms with Crippen LogP contribution in [0.2, 0.25) is 0 Å². The molecule has 1 atom stereocenters. The molecule has 0 saturated carbocycles. The van der Waals surface area contributed by atoms with Crippen molar-refractivity contribution in [1.29, 1.82) is 0 Å². The van der Waals surface area contributed by atoms with Crippen LogP contribution in [0.3, 0.4) is 0 Å². The van der Waals surface area contributed by atoms with Crippen molar-refractivity contribution in [2.24, 2.45) is 4.99 Å². The first-order valence-electron chi connectivity index (χ1n) is 8.43. The summed E-state index contributed by atoms with van der Waals surface area (Å²) < 4.78 is 0. The summed E-state index contributed by atoms with van der Waals surface area (Å²) >= 11 is 0. The molecule has 0 bridgehead atoms. The molecule has 26 heavy (non-hydrogen) atoms. The first-order chi connectivity index (χ1) is 12.7. The Balaban J connectivity index is 1.83. The zero-order valence-electron chi connectivity index (χ0n) is 14.0. The van der Waals surface area contributed by atoms with Crippen molar-refractivity contribution >= 4 is 17.2 Å². The van der Waals surface area contributed by atoms with E-state index in [0.29, 0.717) is 17.9 Å². The molecule has 1 aliphatic heterocycles. The number of amidine groups is 1. The lowest BCUT2D eigenvalue weighted by Gasteiger charge is -2.21. The Morgan fingerprint density at radius 3 is 2.19 bits per heavy atom. The van der Waals surface area contributed by atoms with Gasteiger partial charge in [0.2, 0.25) is 0 Å². The van der Waals surface area contributed by atoms with Gasteiger partial charge in [0.15, 0.2) is 0 Å². The first-order valence-corrected chi connectivity index (χ1v) is 8.43. The number of hydrogen-bond donors (Lipinski definition) is 0. The quantitative estimate of drug-likeness (QED) is 0.514. The van der Waals surface area contributed by atoms with Gasteiger partial charge in [-0.25, -0.2) is 0 Å². The van der Waals surface area contributed by atoms with Gasteiger partial charge in [-0.2, -0.15) is 0 Å². The molecule has 4 rings (SSSR count). The summed E-state index contributed by atoms with van der Waals surface area (Å²) in [5.41, 5.74) is 2.69. The highest BCUT2D eigenvalue weighted by Crippen LogP contribution is 2.33. The van der Waals surface area contributed by atoms with Crippen molar-refractivity contribution in [3.63, 3.8) is 0 Å². The van der Waals surface area contributed by atoms with Crippen LogP contribution >= 0.6 is 0 Å². The van der Waals surface area contributed by atoms with E-state index in [1.807, 2.05) is 66.7 Å². The number of nitro groups is 1. The van der Waals surface area contributed by atoms with E-state index in [-0.39, 0.29) is 16.7 Å². The Labute approximate surface area is 151 Å². The molecule has 0 unspecified atom stereocenters. The van der Waals surface area contributed by atoms with Crippen LogP contribution in [0.5, 0.6) is 0 Å². The zero-order valence-corrected chi connectivity index (χ0v) is 14.0. The third kappa shape index (κ3) is 2.95. The Morgan fingerprint density at radius 1 is 0.885 bits per heavy atom. The lowest BCUT2D eigenvalue weighted by Crippen LogP contribution is -2.29. The predicted octanol–water partition coefficient (Wildman–Crippen LogP) is 4.60.